The fourth-order valence-electron chi connectivity index (χ4n) is 0.342. The molecule has 0 N–H and O–H groups in total. The first kappa shape index (κ1) is 8.75. The van der Waals surface area contributed by atoms with Crippen LogP contribution >= 0.6 is 0 Å². The van der Waals surface area contributed by atoms with Crippen LogP contribution in [0.25, 0.3) is 0 Å². The van der Waals surface area contributed by atoms with Crippen LogP contribution in [-0.2, 0) is 10.2 Å². The highest BCUT2D eigenvalue weighted by molar-refractivity contribution is 4.76. The van der Waals surface area contributed by atoms with Crippen LogP contribution in [0, 0.1) is 12.3 Å². The molecule has 0 unspecified atom stereocenters. The highest BCUT2D eigenvalue weighted by Gasteiger charge is 2.26. The van der Waals surface area contributed by atoms with Crippen molar-refractivity contribution < 1.29 is 15.3 Å². The average molecular weight is 130 g/mol. The third-order valence-corrected chi connectivity index (χ3v) is 1.45. The first-order valence-corrected chi connectivity index (χ1v) is 2.78. The first-order valence-electron chi connectivity index (χ1n) is 2.78. The van der Waals surface area contributed by atoms with Crippen molar-refractivity contribution in [3.05, 3.63) is 6.92 Å². The van der Waals surface area contributed by atoms with Crippen LogP contribution in [0.15, 0.2) is 0 Å². The topological polar surface area (TPSA) is 62.9 Å². The zero-order valence-electron chi connectivity index (χ0n) is 5.26. The molecular formula is C6H10O3. The van der Waals surface area contributed by atoms with Crippen molar-refractivity contribution in [1.82, 2.24) is 0 Å². The van der Waals surface area contributed by atoms with Gasteiger partial charge in [0, 0.05) is 5.41 Å². The zero-order valence-corrected chi connectivity index (χ0v) is 5.26. The summed E-state index contributed by atoms with van der Waals surface area (Å²) in [7, 11) is 0. The summed E-state index contributed by atoms with van der Waals surface area (Å²) < 4.78 is 0. The van der Waals surface area contributed by atoms with Gasteiger partial charge in [-0.15, -0.1) is 6.61 Å². The Kier molecular flexibility index (Phi) is 3.61. The van der Waals surface area contributed by atoms with Gasteiger partial charge >= 0.3 is 0 Å². The first-order chi connectivity index (χ1) is 4.24. The molecule has 0 amide bonds. The molecule has 0 aliphatic heterocycles. The van der Waals surface area contributed by atoms with E-state index in [4.69, 9.17) is 0 Å². The normalized spacial score (nSPS) is 11.9. The van der Waals surface area contributed by atoms with Crippen molar-refractivity contribution in [3.63, 3.8) is 0 Å². The van der Waals surface area contributed by atoms with E-state index in [0.717, 1.165) is 0 Å². The molecule has 0 heterocycles. The van der Waals surface area contributed by atoms with E-state index in [1.807, 2.05) is 0 Å². The fourth-order valence-corrected chi connectivity index (χ4v) is 0.342. The minimum atomic E-state index is -1.11. The van der Waals surface area contributed by atoms with E-state index < -0.39 is 25.2 Å². The van der Waals surface area contributed by atoms with Crippen molar-refractivity contribution in [2.24, 2.45) is 5.41 Å². The van der Waals surface area contributed by atoms with E-state index in [1.54, 1.807) is 0 Å². The van der Waals surface area contributed by atoms with E-state index in [1.165, 1.54) is 0 Å². The fraction of sp³-hybridized carbons (Fsp3) is 0.833. The molecule has 0 aliphatic carbocycles. The molecule has 52 valence electrons. The van der Waals surface area contributed by atoms with Crippen molar-refractivity contribution in [1.29, 1.82) is 0 Å². The van der Waals surface area contributed by atoms with Crippen molar-refractivity contribution in [2.45, 2.75) is 6.42 Å². The summed E-state index contributed by atoms with van der Waals surface area (Å²) in [6.07, 6.45) is 0.156. The van der Waals surface area contributed by atoms with Crippen molar-refractivity contribution in [3.8, 4) is 0 Å². The Bertz CT molecular complexity index is 51.2. The predicted molar refractivity (Wildman–Crippen MR) is 28.4 cm³/mol. The molecule has 0 spiro atoms. The maximum Gasteiger partial charge on any atom is 0.0940 e. The zero-order chi connectivity index (χ0) is 7.33. The minimum Gasteiger partial charge on any atom is -0.854 e. The summed E-state index contributed by atoms with van der Waals surface area (Å²) in [4.78, 5) is 0. The Hall–Kier alpha value is -0.250. The van der Waals surface area contributed by atoms with Gasteiger partial charge in [0.05, 0.1) is 26.6 Å². The van der Waals surface area contributed by atoms with Gasteiger partial charge in [0.15, 0.2) is 0 Å². The largest absolute Gasteiger partial charge is 0.854 e. The number of rotatable bonds is 4. The molecule has 0 aromatic heterocycles. The van der Waals surface area contributed by atoms with Gasteiger partial charge in [0.2, 0.25) is 0 Å². The highest BCUT2D eigenvalue weighted by atomic mass is 16.3. The van der Waals surface area contributed by atoms with Crippen LogP contribution in [0.4, 0.5) is 0 Å². The molecule has 0 aliphatic rings. The van der Waals surface area contributed by atoms with Crippen LogP contribution in [0.3, 0.4) is 0 Å². The second-order valence-corrected chi connectivity index (χ2v) is 2.18. The molecule has 0 saturated carbocycles. The molecule has 0 rings (SSSR count). The van der Waals surface area contributed by atoms with Gasteiger partial charge in [0.25, 0.3) is 0 Å². The molecule has 0 atom stereocenters. The van der Waals surface area contributed by atoms with Crippen molar-refractivity contribution >= 4 is 0 Å². The van der Waals surface area contributed by atoms with Gasteiger partial charge in [-0.1, -0.05) is 0 Å². The summed E-state index contributed by atoms with van der Waals surface area (Å²) in [6.45, 7) is 1.59. The van der Waals surface area contributed by atoms with Crippen LogP contribution in [0.5, 0.6) is 0 Å². The maximum atomic E-state index is 10.2. The van der Waals surface area contributed by atoms with E-state index in [2.05, 4.69) is 6.92 Å². The number of hydrogen-bond acceptors (Lipinski definition) is 1. The van der Waals surface area contributed by atoms with Crippen molar-refractivity contribution in [2.75, 3.05) is 19.8 Å². The molecule has 0 bridgehead atoms. The van der Waals surface area contributed by atoms with E-state index in [9.17, 15) is 15.3 Å². The van der Waals surface area contributed by atoms with E-state index >= 15 is 0 Å². The SMILES string of the molecule is [CH2+]CC(C[O])(C[O])C[O-]. The highest BCUT2D eigenvalue weighted by Crippen LogP contribution is 2.17. The lowest BCUT2D eigenvalue weighted by molar-refractivity contribution is -0.398. The van der Waals surface area contributed by atoms with Gasteiger partial charge in [-0.3, -0.25) is 0 Å². The predicted octanol–water partition coefficient (Wildman–Crippen LogP) is -0.582. The molecule has 0 aromatic rings. The Morgan fingerprint density at radius 1 is 1.33 bits per heavy atom. The van der Waals surface area contributed by atoms with Gasteiger partial charge < -0.3 is 5.11 Å². The van der Waals surface area contributed by atoms with Crippen LogP contribution in [0.1, 0.15) is 6.42 Å². The van der Waals surface area contributed by atoms with Gasteiger partial charge in [0.1, 0.15) is 0 Å². The third-order valence-electron chi connectivity index (χ3n) is 1.45. The monoisotopic (exact) mass is 130 g/mol. The lowest BCUT2D eigenvalue weighted by Gasteiger charge is -2.26. The molecule has 3 nitrogen and oxygen atoms in total. The van der Waals surface area contributed by atoms with E-state index in [0.29, 0.717) is 0 Å². The molecule has 9 heavy (non-hydrogen) atoms. The molecule has 3 heteroatoms. The van der Waals surface area contributed by atoms with Crippen LogP contribution < -0.4 is 5.11 Å². The lowest BCUT2D eigenvalue weighted by Crippen LogP contribution is -2.38. The van der Waals surface area contributed by atoms with Gasteiger partial charge in [-0.05, 0) is 0 Å². The van der Waals surface area contributed by atoms with Gasteiger partial charge in [-0.2, -0.15) is 0 Å². The molecule has 0 fully saturated rings. The summed E-state index contributed by atoms with van der Waals surface area (Å²) in [6, 6.07) is 0. The Morgan fingerprint density at radius 2 is 1.78 bits per heavy atom. The van der Waals surface area contributed by atoms with Gasteiger partial charge in [-0.25, -0.2) is 10.2 Å². The maximum absolute atomic E-state index is 10.2. The third kappa shape index (κ3) is 1.86. The molecular weight excluding hydrogens is 120 g/mol. The number of hydrogen-bond donors (Lipinski definition) is 0. The molecule has 2 radical (unpaired) electrons. The summed E-state index contributed by atoms with van der Waals surface area (Å²) in [5.74, 6) is 0. The second-order valence-electron chi connectivity index (χ2n) is 2.18. The quantitative estimate of drug-likeness (QED) is 0.469. The van der Waals surface area contributed by atoms with Crippen LogP contribution in [0.2, 0.25) is 0 Å². The standard InChI is InChI=1S/C6H10O3/c1-2-6(3-7,4-8)5-9/h1-5H2. The lowest BCUT2D eigenvalue weighted by atomic mass is 9.88. The Morgan fingerprint density at radius 3 is 1.78 bits per heavy atom. The summed E-state index contributed by atoms with van der Waals surface area (Å²) in [5.41, 5.74) is -1.11. The van der Waals surface area contributed by atoms with E-state index in [-0.39, 0.29) is 6.42 Å². The smallest absolute Gasteiger partial charge is 0.0940 e. The van der Waals surface area contributed by atoms with Crippen LogP contribution in [-0.4, -0.2) is 19.8 Å². The second kappa shape index (κ2) is 3.71. The molecule has 0 aromatic carbocycles. The average Bonchev–Trinajstić information content (AvgIpc) is 1.95. The Labute approximate surface area is 54.9 Å². The molecule has 0 saturated heterocycles. The Balaban J connectivity index is 3.82. The summed E-state index contributed by atoms with van der Waals surface area (Å²) >= 11 is 0. The minimum absolute atomic E-state index is 0.156. The summed E-state index contributed by atoms with van der Waals surface area (Å²) in [5, 5.41) is 30.6.